The lowest BCUT2D eigenvalue weighted by atomic mass is 9.97. The van der Waals surface area contributed by atoms with Gasteiger partial charge in [0.1, 0.15) is 17.7 Å². The van der Waals surface area contributed by atoms with E-state index in [4.69, 9.17) is 9.29 Å². The van der Waals surface area contributed by atoms with Gasteiger partial charge >= 0.3 is 0 Å². The molecular formula is C24H28N4O5S4. The molecule has 1 aliphatic carbocycles. The molecule has 9 nitrogen and oxygen atoms in total. The van der Waals surface area contributed by atoms with E-state index in [9.17, 15) is 12.6 Å². The third-order valence-electron chi connectivity index (χ3n) is 6.31. The Morgan fingerprint density at radius 2 is 2.22 bits per heavy atom. The summed E-state index contributed by atoms with van der Waals surface area (Å²) in [6.07, 6.45) is 6.62. The first kappa shape index (κ1) is 26.5. The van der Waals surface area contributed by atoms with E-state index in [1.54, 1.807) is 41.3 Å². The minimum absolute atomic E-state index is 0.0266. The zero-order valence-corrected chi connectivity index (χ0v) is 23.3. The van der Waals surface area contributed by atoms with Crippen LogP contribution in [0.4, 0.5) is 5.69 Å². The minimum atomic E-state index is -3.87. The molecule has 0 amide bonds. The number of rotatable bonds is 9. The third-order valence-corrected chi connectivity index (χ3v) is 10.4. The molecule has 0 saturated heterocycles. The summed E-state index contributed by atoms with van der Waals surface area (Å²) in [7, 11) is -1.92. The van der Waals surface area contributed by atoms with Crippen molar-refractivity contribution in [3.8, 4) is 5.75 Å². The smallest absolute Gasteiger partial charge is 0.241 e. The monoisotopic (exact) mass is 580 g/mol. The van der Waals surface area contributed by atoms with Crippen molar-refractivity contribution in [1.82, 2.24) is 14.8 Å². The van der Waals surface area contributed by atoms with E-state index in [1.165, 1.54) is 0 Å². The quantitative estimate of drug-likeness (QED) is 0.333. The lowest BCUT2D eigenvalue weighted by molar-refractivity contribution is 0.310. The lowest BCUT2D eigenvalue weighted by Gasteiger charge is -2.28. The Morgan fingerprint density at radius 1 is 1.35 bits per heavy atom. The van der Waals surface area contributed by atoms with Crippen molar-refractivity contribution < 1.29 is 21.9 Å². The van der Waals surface area contributed by atoms with Gasteiger partial charge in [-0.25, -0.2) is 22.1 Å². The van der Waals surface area contributed by atoms with Crippen LogP contribution in [-0.2, 0) is 21.3 Å². The zero-order chi connectivity index (χ0) is 26.0. The summed E-state index contributed by atoms with van der Waals surface area (Å²) in [5.74, 6) is 0.553. The van der Waals surface area contributed by atoms with Crippen LogP contribution < -0.4 is 24.4 Å². The highest BCUT2D eigenvalue weighted by Gasteiger charge is 2.30. The molecule has 3 unspecified atom stereocenters. The summed E-state index contributed by atoms with van der Waals surface area (Å²) in [6, 6.07) is 8.23. The summed E-state index contributed by atoms with van der Waals surface area (Å²) in [5, 5.41) is 7.52. The molecule has 13 heteroatoms. The van der Waals surface area contributed by atoms with Gasteiger partial charge in [-0.05, 0) is 41.8 Å². The van der Waals surface area contributed by atoms with Gasteiger partial charge in [-0.3, -0.25) is 4.55 Å². The van der Waals surface area contributed by atoms with Crippen molar-refractivity contribution in [2.75, 3.05) is 25.1 Å². The van der Waals surface area contributed by atoms with E-state index in [-0.39, 0.29) is 16.3 Å². The number of thiophene rings is 1. The second-order valence-corrected chi connectivity index (χ2v) is 13.3. The molecule has 0 fully saturated rings. The molecule has 37 heavy (non-hydrogen) atoms. The number of sulfonamides is 1. The number of anilines is 1. The molecule has 3 aliphatic rings. The number of nitrogens with one attached hydrogen (secondary N) is 3. The van der Waals surface area contributed by atoms with Crippen molar-refractivity contribution in [3.63, 3.8) is 0 Å². The number of nitrogens with zero attached hydrogens (tertiary/aromatic N) is 1. The van der Waals surface area contributed by atoms with Crippen molar-refractivity contribution in [1.29, 1.82) is 0 Å². The fourth-order valence-corrected chi connectivity index (χ4v) is 7.95. The van der Waals surface area contributed by atoms with Gasteiger partial charge in [0.25, 0.3) is 0 Å². The Labute approximate surface area is 227 Å². The van der Waals surface area contributed by atoms with E-state index in [1.807, 2.05) is 47.0 Å². The van der Waals surface area contributed by atoms with Crippen molar-refractivity contribution >= 4 is 50.1 Å². The Balaban J connectivity index is 1.37. The van der Waals surface area contributed by atoms with Crippen molar-refractivity contribution in [3.05, 3.63) is 75.5 Å². The first-order chi connectivity index (χ1) is 17.8. The van der Waals surface area contributed by atoms with Crippen molar-refractivity contribution in [2.24, 2.45) is 0 Å². The molecule has 5 rings (SSSR count). The highest BCUT2D eigenvalue weighted by molar-refractivity contribution is 8.02. The lowest BCUT2D eigenvalue weighted by Crippen LogP contribution is -2.40. The number of hydrogen-bond donors (Lipinski definition) is 4. The number of benzene rings is 1. The SMILES string of the molecule is CN1CCOc2cc(S(=O)(=O)N[C@@H](CC3=CCC(NS(=O)O)C=C3)C3=CSC(c4cccs4)N3)ccc21. The summed E-state index contributed by atoms with van der Waals surface area (Å²) in [6.45, 7) is 1.25. The topological polar surface area (TPSA) is 120 Å². The predicted molar refractivity (Wildman–Crippen MR) is 149 cm³/mol. The van der Waals surface area contributed by atoms with E-state index in [0.29, 0.717) is 25.2 Å². The predicted octanol–water partition coefficient (Wildman–Crippen LogP) is 3.47. The molecule has 4 N–H and O–H groups in total. The zero-order valence-electron chi connectivity index (χ0n) is 20.0. The molecule has 0 radical (unpaired) electrons. The van der Waals surface area contributed by atoms with Crippen LogP contribution in [0.5, 0.6) is 5.75 Å². The molecule has 1 aromatic heterocycles. The molecular weight excluding hydrogens is 553 g/mol. The standard InChI is InChI=1S/C24H28N4O5S4/c1-28-10-11-33-22-14-18(8-9-21(22)28)37(31,32)27-19(13-16-4-6-17(7-5-16)26-36(29)30)20-15-35-24(25-20)23-3-2-12-34-23/h2-6,8-9,12,14-15,17,19,24-27H,7,10-11,13H2,1H3,(H,29,30)/t17?,19-,24?/m0/s1. The molecule has 1 aromatic carbocycles. The molecule has 2 aromatic rings. The molecule has 0 bridgehead atoms. The summed E-state index contributed by atoms with van der Waals surface area (Å²) in [4.78, 5) is 3.35. The van der Waals surface area contributed by atoms with Crippen LogP contribution in [0.15, 0.2) is 75.5 Å². The first-order valence-electron chi connectivity index (χ1n) is 11.7. The van der Waals surface area contributed by atoms with E-state index >= 15 is 0 Å². The van der Waals surface area contributed by atoms with Gasteiger partial charge in [0.05, 0.1) is 23.2 Å². The number of allylic oxidation sites excluding steroid dienone is 1. The average Bonchev–Trinajstić information content (AvgIpc) is 3.57. The maximum atomic E-state index is 13.5. The van der Waals surface area contributed by atoms with E-state index in [2.05, 4.69) is 20.8 Å². The van der Waals surface area contributed by atoms with Crippen LogP contribution in [0.3, 0.4) is 0 Å². The summed E-state index contributed by atoms with van der Waals surface area (Å²) in [5.41, 5.74) is 2.60. The Bertz CT molecular complexity index is 1360. The molecule has 0 saturated carbocycles. The molecule has 3 heterocycles. The highest BCUT2D eigenvalue weighted by Crippen LogP contribution is 2.38. The van der Waals surface area contributed by atoms with Crippen LogP contribution in [0.1, 0.15) is 23.1 Å². The van der Waals surface area contributed by atoms with Crippen molar-refractivity contribution in [2.45, 2.75) is 35.2 Å². The largest absolute Gasteiger partial charge is 0.490 e. The second-order valence-electron chi connectivity index (χ2n) is 8.87. The van der Waals surface area contributed by atoms with Gasteiger partial charge in [0, 0.05) is 29.7 Å². The van der Waals surface area contributed by atoms with E-state index in [0.717, 1.165) is 28.4 Å². The average molecular weight is 581 g/mol. The van der Waals surface area contributed by atoms with Crippen LogP contribution in [-0.4, -0.2) is 49.5 Å². The summed E-state index contributed by atoms with van der Waals surface area (Å²) >= 11 is 1.16. The Kier molecular flexibility index (Phi) is 8.10. The van der Waals surface area contributed by atoms with Gasteiger partial charge in [-0.2, -0.15) is 0 Å². The van der Waals surface area contributed by atoms with Gasteiger partial charge < -0.3 is 15.0 Å². The number of likely N-dealkylation sites (N-methyl/N-ethyl adjacent to an activating group) is 1. The maximum Gasteiger partial charge on any atom is 0.241 e. The fourth-order valence-electron chi connectivity index (χ4n) is 4.37. The van der Waals surface area contributed by atoms with Gasteiger partial charge in [-0.15, -0.1) is 23.1 Å². The third kappa shape index (κ3) is 6.30. The van der Waals surface area contributed by atoms with Crippen LogP contribution in [0, 0.1) is 0 Å². The van der Waals surface area contributed by atoms with E-state index < -0.39 is 27.3 Å². The van der Waals surface area contributed by atoms with Crippen LogP contribution in [0.2, 0.25) is 0 Å². The number of hydrogen-bond acceptors (Lipinski definition) is 8. The number of ether oxygens (including phenoxy) is 1. The summed E-state index contributed by atoms with van der Waals surface area (Å²) < 4.78 is 58.4. The molecule has 198 valence electrons. The highest BCUT2D eigenvalue weighted by atomic mass is 32.2. The number of fused-ring (bicyclic) bond motifs is 1. The normalized spacial score (nSPS) is 22.9. The maximum absolute atomic E-state index is 13.5. The minimum Gasteiger partial charge on any atom is -0.490 e. The fraction of sp³-hybridized carbons (Fsp3) is 0.333. The molecule has 0 spiro atoms. The number of thioether (sulfide) groups is 1. The van der Waals surface area contributed by atoms with Gasteiger partial charge in [-0.1, -0.05) is 29.9 Å². The van der Waals surface area contributed by atoms with Crippen LogP contribution >= 0.6 is 23.1 Å². The Hall–Kier alpha value is -2.13. The first-order valence-corrected chi connectivity index (χ1v) is 16.1. The molecule has 4 atom stereocenters. The van der Waals surface area contributed by atoms with Crippen LogP contribution in [0.25, 0.3) is 0 Å². The second kappa shape index (κ2) is 11.3. The van der Waals surface area contributed by atoms with Gasteiger partial charge in [0.15, 0.2) is 0 Å². The Morgan fingerprint density at radius 3 is 2.95 bits per heavy atom. The van der Waals surface area contributed by atoms with Gasteiger partial charge in [0.2, 0.25) is 21.3 Å². The molecule has 2 aliphatic heterocycles.